The van der Waals surface area contributed by atoms with E-state index in [2.05, 4.69) is 15.4 Å². The van der Waals surface area contributed by atoms with E-state index in [0.717, 1.165) is 47.5 Å². The van der Waals surface area contributed by atoms with Crippen LogP contribution in [-0.4, -0.2) is 49.8 Å². The third-order valence-electron chi connectivity index (χ3n) is 5.20. The highest BCUT2D eigenvalue weighted by Gasteiger charge is 2.24. The Bertz CT molecular complexity index is 1110. The predicted molar refractivity (Wildman–Crippen MR) is 121 cm³/mol. The Hall–Kier alpha value is -3.29. The molecule has 3 heterocycles. The molecule has 4 rings (SSSR count). The van der Waals surface area contributed by atoms with Gasteiger partial charge in [-0.3, -0.25) is 14.5 Å². The fourth-order valence-corrected chi connectivity index (χ4v) is 3.89. The molecule has 0 fully saturated rings. The van der Waals surface area contributed by atoms with E-state index in [1.54, 1.807) is 10.9 Å². The average molecular weight is 420 g/mol. The number of rotatable bonds is 5. The second kappa shape index (κ2) is 8.09. The van der Waals surface area contributed by atoms with Crippen LogP contribution in [0.15, 0.2) is 30.7 Å². The summed E-state index contributed by atoms with van der Waals surface area (Å²) in [6, 6.07) is 3.95. The Balaban J connectivity index is 1.67. The summed E-state index contributed by atoms with van der Waals surface area (Å²) in [6.07, 6.45) is 8.47. The van der Waals surface area contributed by atoms with Crippen LogP contribution in [0.2, 0.25) is 0 Å². The maximum atomic E-state index is 12.5. The first-order valence-corrected chi connectivity index (χ1v) is 10.6. The number of amides is 1. The van der Waals surface area contributed by atoms with Crippen LogP contribution in [0.3, 0.4) is 0 Å². The zero-order valence-corrected chi connectivity index (χ0v) is 18.8. The number of likely N-dealkylation sites (N-methyl/N-ethyl adjacent to an activating group) is 1. The lowest BCUT2D eigenvalue weighted by Gasteiger charge is -2.25. The molecule has 0 unspecified atom stereocenters. The molecule has 0 spiro atoms. The van der Waals surface area contributed by atoms with Crippen molar-refractivity contribution in [2.45, 2.75) is 45.6 Å². The van der Waals surface area contributed by atoms with Crippen molar-refractivity contribution in [1.29, 1.82) is 0 Å². The van der Waals surface area contributed by atoms with Crippen LogP contribution in [0.5, 0.6) is 0 Å². The maximum absolute atomic E-state index is 12.5. The molecule has 0 bridgehead atoms. The monoisotopic (exact) mass is 419 g/mol. The lowest BCUT2D eigenvalue weighted by Crippen LogP contribution is -2.45. The van der Waals surface area contributed by atoms with Gasteiger partial charge in [-0.05, 0) is 57.7 Å². The third kappa shape index (κ3) is 4.73. The first kappa shape index (κ1) is 21.0. The molecule has 8 nitrogen and oxygen atoms in total. The van der Waals surface area contributed by atoms with Crippen molar-refractivity contribution in [3.8, 4) is 22.6 Å². The molecule has 3 aromatic rings. The SMILES string of the molecule is CN(CC(=O)NC(C)(C)C)c1nc(-c2cc(-c3cnn(C)c3)ccn2)nc2c1CCC2. The van der Waals surface area contributed by atoms with Crippen LogP contribution in [0.4, 0.5) is 5.82 Å². The van der Waals surface area contributed by atoms with E-state index in [0.29, 0.717) is 11.5 Å². The van der Waals surface area contributed by atoms with Crippen molar-refractivity contribution in [2.75, 3.05) is 18.5 Å². The molecule has 8 heteroatoms. The van der Waals surface area contributed by atoms with Gasteiger partial charge in [0.2, 0.25) is 5.91 Å². The Kier molecular flexibility index (Phi) is 5.47. The van der Waals surface area contributed by atoms with Crippen LogP contribution in [0, 0.1) is 0 Å². The number of hydrogen-bond donors (Lipinski definition) is 1. The summed E-state index contributed by atoms with van der Waals surface area (Å²) < 4.78 is 1.77. The van der Waals surface area contributed by atoms with Gasteiger partial charge in [0, 0.05) is 48.8 Å². The van der Waals surface area contributed by atoms with Crippen molar-refractivity contribution in [1.82, 2.24) is 30.0 Å². The largest absolute Gasteiger partial charge is 0.350 e. The number of aromatic nitrogens is 5. The van der Waals surface area contributed by atoms with E-state index in [-0.39, 0.29) is 18.0 Å². The summed E-state index contributed by atoms with van der Waals surface area (Å²) in [5.41, 5.74) is 4.66. The van der Waals surface area contributed by atoms with Gasteiger partial charge in [0.15, 0.2) is 5.82 Å². The highest BCUT2D eigenvalue weighted by molar-refractivity contribution is 5.82. The molecule has 0 atom stereocenters. The van der Waals surface area contributed by atoms with Gasteiger partial charge in [0.05, 0.1) is 12.7 Å². The lowest BCUT2D eigenvalue weighted by atomic mass is 10.1. The van der Waals surface area contributed by atoms with Crippen LogP contribution in [0.1, 0.15) is 38.4 Å². The van der Waals surface area contributed by atoms with Crippen molar-refractivity contribution < 1.29 is 4.79 Å². The molecule has 1 N–H and O–H groups in total. The molecule has 31 heavy (non-hydrogen) atoms. The number of anilines is 1. The summed E-state index contributed by atoms with van der Waals surface area (Å²) >= 11 is 0. The highest BCUT2D eigenvalue weighted by Crippen LogP contribution is 2.31. The van der Waals surface area contributed by atoms with Gasteiger partial charge in [-0.15, -0.1) is 0 Å². The van der Waals surface area contributed by atoms with Gasteiger partial charge in [-0.25, -0.2) is 9.97 Å². The first-order valence-electron chi connectivity index (χ1n) is 10.6. The lowest BCUT2D eigenvalue weighted by molar-refractivity contribution is -0.121. The molecule has 0 radical (unpaired) electrons. The minimum absolute atomic E-state index is 0.0291. The summed E-state index contributed by atoms with van der Waals surface area (Å²) in [5, 5.41) is 7.27. The molecular weight excluding hydrogens is 390 g/mol. The minimum Gasteiger partial charge on any atom is -0.350 e. The Labute approximate surface area is 182 Å². The maximum Gasteiger partial charge on any atom is 0.239 e. The summed E-state index contributed by atoms with van der Waals surface area (Å²) in [5.74, 6) is 1.37. The summed E-state index contributed by atoms with van der Waals surface area (Å²) in [4.78, 5) is 28.6. The smallest absolute Gasteiger partial charge is 0.239 e. The molecule has 0 saturated carbocycles. The van der Waals surface area contributed by atoms with Crippen molar-refractivity contribution in [3.05, 3.63) is 42.0 Å². The van der Waals surface area contributed by atoms with Crippen LogP contribution in [0.25, 0.3) is 22.6 Å². The van der Waals surface area contributed by atoms with E-state index in [1.807, 2.05) is 64.3 Å². The van der Waals surface area contributed by atoms with Crippen LogP contribution in [-0.2, 0) is 24.7 Å². The van der Waals surface area contributed by atoms with Crippen molar-refractivity contribution in [2.24, 2.45) is 7.05 Å². The number of fused-ring (bicyclic) bond motifs is 1. The molecule has 162 valence electrons. The van der Waals surface area contributed by atoms with Gasteiger partial charge < -0.3 is 10.2 Å². The van der Waals surface area contributed by atoms with Crippen molar-refractivity contribution >= 4 is 11.7 Å². The Morgan fingerprint density at radius 3 is 2.74 bits per heavy atom. The molecular formula is C23H29N7O. The number of carbonyl (C=O) groups excluding carboxylic acids is 1. The minimum atomic E-state index is -0.270. The fourth-order valence-electron chi connectivity index (χ4n) is 3.89. The van der Waals surface area contributed by atoms with Gasteiger partial charge in [-0.2, -0.15) is 5.10 Å². The van der Waals surface area contributed by atoms with Gasteiger partial charge in [0.1, 0.15) is 11.5 Å². The number of pyridine rings is 1. The van der Waals surface area contributed by atoms with E-state index in [1.165, 1.54) is 0 Å². The topological polar surface area (TPSA) is 88.8 Å². The van der Waals surface area contributed by atoms with E-state index < -0.39 is 0 Å². The second-order valence-electron chi connectivity index (χ2n) is 9.14. The van der Waals surface area contributed by atoms with Crippen molar-refractivity contribution in [3.63, 3.8) is 0 Å². The standard InChI is InChI=1S/C23H29N7O/c1-23(2,3)28-20(31)14-29(4)22-17-7-6-8-18(17)26-21(27-22)19-11-15(9-10-24-19)16-12-25-30(5)13-16/h9-13H,6-8,14H2,1-5H3,(H,28,31). The quantitative estimate of drug-likeness (QED) is 0.684. The van der Waals surface area contributed by atoms with Gasteiger partial charge in [0.25, 0.3) is 0 Å². The molecule has 0 saturated heterocycles. The normalized spacial score (nSPS) is 13.2. The number of hydrogen-bond acceptors (Lipinski definition) is 6. The molecule has 1 amide bonds. The van der Waals surface area contributed by atoms with E-state index >= 15 is 0 Å². The number of nitrogens with one attached hydrogen (secondary N) is 1. The summed E-state index contributed by atoms with van der Waals surface area (Å²) in [6.45, 7) is 6.17. The number of carbonyl (C=O) groups is 1. The second-order valence-corrected chi connectivity index (χ2v) is 9.14. The zero-order chi connectivity index (χ0) is 22.2. The van der Waals surface area contributed by atoms with E-state index in [4.69, 9.17) is 9.97 Å². The highest BCUT2D eigenvalue weighted by atomic mass is 16.2. The Morgan fingerprint density at radius 2 is 2.03 bits per heavy atom. The van der Waals surface area contributed by atoms with E-state index in [9.17, 15) is 4.79 Å². The first-order chi connectivity index (χ1) is 14.7. The van der Waals surface area contributed by atoms with Gasteiger partial charge in [-0.1, -0.05) is 0 Å². The molecule has 3 aromatic heterocycles. The number of aryl methyl sites for hydroxylation is 2. The van der Waals surface area contributed by atoms with Crippen LogP contribution < -0.4 is 10.2 Å². The molecule has 0 aromatic carbocycles. The third-order valence-corrected chi connectivity index (χ3v) is 5.20. The molecule has 0 aliphatic heterocycles. The Morgan fingerprint density at radius 1 is 1.23 bits per heavy atom. The summed E-state index contributed by atoms with van der Waals surface area (Å²) in [7, 11) is 3.81. The molecule has 1 aliphatic rings. The molecule has 1 aliphatic carbocycles. The van der Waals surface area contributed by atoms with Crippen LogP contribution >= 0.6 is 0 Å². The average Bonchev–Trinajstić information content (AvgIpc) is 3.34. The van der Waals surface area contributed by atoms with Gasteiger partial charge >= 0.3 is 0 Å². The fraction of sp³-hybridized carbons (Fsp3) is 0.435. The zero-order valence-electron chi connectivity index (χ0n) is 18.8. The predicted octanol–water partition coefficient (Wildman–Crippen LogP) is 2.78. The number of nitrogens with zero attached hydrogens (tertiary/aromatic N) is 6.